The first-order chi connectivity index (χ1) is 14.5. The SMILES string of the molecule is CN1c2ccccc2C(c2ccccc2)=C(C(=O)NCCC2=CCCCC2)S1(=O)=O. The molecule has 1 aliphatic carbocycles. The van der Waals surface area contributed by atoms with Gasteiger partial charge >= 0.3 is 0 Å². The molecule has 0 fully saturated rings. The number of carbonyl (C=O) groups excluding carboxylic acids is 1. The number of anilines is 1. The molecule has 1 heterocycles. The first-order valence-electron chi connectivity index (χ1n) is 10.3. The van der Waals surface area contributed by atoms with Gasteiger partial charge in [-0.1, -0.05) is 60.2 Å². The third-order valence-electron chi connectivity index (χ3n) is 5.74. The van der Waals surface area contributed by atoms with Crippen LogP contribution in [-0.2, 0) is 14.8 Å². The molecule has 2 aliphatic rings. The van der Waals surface area contributed by atoms with Crippen molar-refractivity contribution in [1.82, 2.24) is 5.32 Å². The molecule has 6 heteroatoms. The highest BCUT2D eigenvalue weighted by Gasteiger charge is 2.39. The van der Waals surface area contributed by atoms with Crippen LogP contribution in [0.1, 0.15) is 43.2 Å². The number of nitrogens with one attached hydrogen (secondary N) is 1. The smallest absolute Gasteiger partial charge is 0.270 e. The zero-order valence-corrected chi connectivity index (χ0v) is 17.9. The molecule has 0 atom stereocenters. The fourth-order valence-electron chi connectivity index (χ4n) is 4.15. The molecule has 0 unspecified atom stereocenters. The Bertz CT molecular complexity index is 1120. The Morgan fingerprint density at radius 1 is 1.03 bits per heavy atom. The van der Waals surface area contributed by atoms with E-state index in [4.69, 9.17) is 0 Å². The number of nitrogens with zero attached hydrogens (tertiary/aromatic N) is 1. The maximum atomic E-state index is 13.4. The number of allylic oxidation sites excluding steroid dienone is 1. The van der Waals surface area contributed by atoms with Crippen LogP contribution in [0.3, 0.4) is 0 Å². The summed E-state index contributed by atoms with van der Waals surface area (Å²) in [5.41, 5.74) is 3.81. The van der Waals surface area contributed by atoms with Crippen LogP contribution >= 0.6 is 0 Å². The van der Waals surface area contributed by atoms with Crippen LogP contribution in [0.5, 0.6) is 0 Å². The number of hydrogen-bond acceptors (Lipinski definition) is 3. The highest BCUT2D eigenvalue weighted by atomic mass is 32.2. The van der Waals surface area contributed by atoms with Gasteiger partial charge in [0.25, 0.3) is 15.9 Å². The largest absolute Gasteiger partial charge is 0.351 e. The molecule has 2 aromatic carbocycles. The van der Waals surface area contributed by atoms with Crippen LogP contribution in [0.4, 0.5) is 5.69 Å². The van der Waals surface area contributed by atoms with Crippen molar-refractivity contribution in [2.24, 2.45) is 0 Å². The molecular formula is C24H26N2O3S. The van der Waals surface area contributed by atoms with E-state index in [0.717, 1.165) is 24.8 Å². The number of amides is 1. The molecule has 4 rings (SSSR count). The standard InChI is InChI=1S/C24H26N2O3S/c1-26-21-15-9-8-14-20(21)22(19-12-6-3-7-13-19)23(30(26,28)29)24(27)25-17-16-18-10-4-2-5-11-18/h3,6-10,12-15H,2,4-5,11,16-17H2,1H3,(H,25,27). The summed E-state index contributed by atoms with van der Waals surface area (Å²) in [6.45, 7) is 0.428. The minimum absolute atomic E-state index is 0.187. The van der Waals surface area contributed by atoms with Crippen LogP contribution in [0.25, 0.3) is 5.57 Å². The van der Waals surface area contributed by atoms with E-state index in [2.05, 4.69) is 11.4 Å². The van der Waals surface area contributed by atoms with Gasteiger partial charge in [0.05, 0.1) is 5.69 Å². The fraction of sp³-hybridized carbons (Fsp3) is 0.292. The van der Waals surface area contributed by atoms with E-state index in [1.807, 2.05) is 42.5 Å². The highest BCUT2D eigenvalue weighted by Crippen LogP contribution is 2.41. The maximum absolute atomic E-state index is 13.4. The Balaban J connectivity index is 1.75. The van der Waals surface area contributed by atoms with Gasteiger partial charge in [0, 0.05) is 24.7 Å². The van der Waals surface area contributed by atoms with Gasteiger partial charge in [0.2, 0.25) is 0 Å². The zero-order valence-electron chi connectivity index (χ0n) is 17.1. The number of para-hydroxylation sites is 1. The zero-order chi connectivity index (χ0) is 21.1. The summed E-state index contributed by atoms with van der Waals surface area (Å²) in [6, 6.07) is 16.5. The highest BCUT2D eigenvalue weighted by molar-refractivity contribution is 7.97. The van der Waals surface area contributed by atoms with Crippen LogP contribution < -0.4 is 9.62 Å². The molecule has 0 aromatic heterocycles. The van der Waals surface area contributed by atoms with Gasteiger partial charge in [-0.3, -0.25) is 9.10 Å². The quantitative estimate of drug-likeness (QED) is 0.733. The van der Waals surface area contributed by atoms with E-state index in [1.54, 1.807) is 12.1 Å². The second kappa shape index (κ2) is 8.48. The van der Waals surface area contributed by atoms with E-state index in [0.29, 0.717) is 23.4 Å². The van der Waals surface area contributed by atoms with E-state index in [1.165, 1.54) is 29.8 Å². The van der Waals surface area contributed by atoms with Crippen molar-refractivity contribution in [1.29, 1.82) is 0 Å². The van der Waals surface area contributed by atoms with Gasteiger partial charge in [0.1, 0.15) is 0 Å². The monoisotopic (exact) mass is 422 g/mol. The predicted molar refractivity (Wildman–Crippen MR) is 120 cm³/mol. The number of benzene rings is 2. The van der Waals surface area contributed by atoms with Crippen LogP contribution in [-0.4, -0.2) is 27.9 Å². The van der Waals surface area contributed by atoms with Gasteiger partial charge in [-0.2, -0.15) is 0 Å². The molecule has 156 valence electrons. The average molecular weight is 423 g/mol. The summed E-state index contributed by atoms with van der Waals surface area (Å²) in [5, 5.41) is 2.86. The van der Waals surface area contributed by atoms with E-state index in [-0.39, 0.29) is 4.91 Å². The lowest BCUT2D eigenvalue weighted by atomic mass is 9.95. The number of rotatable bonds is 5. The Hall–Kier alpha value is -2.86. The Morgan fingerprint density at radius 2 is 1.77 bits per heavy atom. The third kappa shape index (κ3) is 3.79. The molecule has 2 aromatic rings. The molecule has 0 radical (unpaired) electrons. The number of sulfonamides is 1. The number of fused-ring (bicyclic) bond motifs is 1. The van der Waals surface area contributed by atoms with Crippen molar-refractivity contribution >= 4 is 27.2 Å². The van der Waals surface area contributed by atoms with E-state index < -0.39 is 15.9 Å². The van der Waals surface area contributed by atoms with Crippen molar-refractivity contribution in [3.63, 3.8) is 0 Å². The normalized spacial score (nSPS) is 17.9. The number of hydrogen-bond donors (Lipinski definition) is 1. The Kier molecular flexibility index (Phi) is 5.77. The lowest BCUT2D eigenvalue weighted by molar-refractivity contribution is -0.116. The van der Waals surface area contributed by atoms with Crippen molar-refractivity contribution in [3.05, 3.63) is 82.3 Å². The summed E-state index contributed by atoms with van der Waals surface area (Å²) in [5.74, 6) is -0.549. The summed E-state index contributed by atoms with van der Waals surface area (Å²) >= 11 is 0. The van der Waals surface area contributed by atoms with Crippen molar-refractivity contribution in [2.75, 3.05) is 17.9 Å². The van der Waals surface area contributed by atoms with Crippen LogP contribution in [0, 0.1) is 0 Å². The second-order valence-corrected chi connectivity index (χ2v) is 9.58. The topological polar surface area (TPSA) is 66.5 Å². The second-order valence-electron chi connectivity index (χ2n) is 7.67. The van der Waals surface area contributed by atoms with E-state index >= 15 is 0 Å². The van der Waals surface area contributed by atoms with E-state index in [9.17, 15) is 13.2 Å². The molecule has 1 amide bonds. The predicted octanol–water partition coefficient (Wildman–Crippen LogP) is 4.23. The molecule has 1 aliphatic heterocycles. The van der Waals surface area contributed by atoms with Gasteiger partial charge in [-0.05, 0) is 43.7 Å². The van der Waals surface area contributed by atoms with Gasteiger partial charge in [-0.25, -0.2) is 8.42 Å². The van der Waals surface area contributed by atoms with Gasteiger partial charge < -0.3 is 5.32 Å². The molecule has 0 spiro atoms. The van der Waals surface area contributed by atoms with Crippen molar-refractivity contribution in [2.45, 2.75) is 32.1 Å². The summed E-state index contributed by atoms with van der Waals surface area (Å²) < 4.78 is 27.9. The molecule has 1 N–H and O–H groups in total. The minimum atomic E-state index is -3.98. The van der Waals surface area contributed by atoms with Crippen molar-refractivity contribution in [3.8, 4) is 0 Å². The average Bonchev–Trinajstić information content (AvgIpc) is 2.77. The molecule has 5 nitrogen and oxygen atoms in total. The minimum Gasteiger partial charge on any atom is -0.351 e. The summed E-state index contributed by atoms with van der Waals surface area (Å²) in [4.78, 5) is 13.0. The third-order valence-corrected chi connectivity index (χ3v) is 7.57. The first-order valence-corrected chi connectivity index (χ1v) is 11.8. The lowest BCUT2D eigenvalue weighted by Crippen LogP contribution is -2.39. The molecule has 0 saturated heterocycles. The summed E-state index contributed by atoms with van der Waals surface area (Å²) in [7, 11) is -2.49. The van der Waals surface area contributed by atoms with Crippen LogP contribution in [0.2, 0.25) is 0 Å². The molecule has 0 saturated carbocycles. The lowest BCUT2D eigenvalue weighted by Gasteiger charge is -2.30. The Labute approximate surface area is 178 Å². The molecular weight excluding hydrogens is 396 g/mol. The summed E-state index contributed by atoms with van der Waals surface area (Å²) in [6.07, 6.45) is 7.54. The van der Waals surface area contributed by atoms with Gasteiger partial charge in [-0.15, -0.1) is 0 Å². The van der Waals surface area contributed by atoms with Crippen LogP contribution in [0.15, 0.2) is 71.2 Å². The maximum Gasteiger partial charge on any atom is 0.270 e. The molecule has 0 bridgehead atoms. The van der Waals surface area contributed by atoms with Crippen molar-refractivity contribution < 1.29 is 13.2 Å². The fourth-order valence-corrected chi connectivity index (χ4v) is 5.63. The number of carbonyl (C=O) groups is 1. The Morgan fingerprint density at radius 3 is 2.50 bits per heavy atom. The molecule has 30 heavy (non-hydrogen) atoms. The van der Waals surface area contributed by atoms with Gasteiger partial charge in [0.15, 0.2) is 4.91 Å². The first kappa shape index (κ1) is 20.4.